The van der Waals surface area contributed by atoms with Crippen LogP contribution in [-0.2, 0) is 0 Å². The lowest BCUT2D eigenvalue weighted by molar-refractivity contribution is 0.281. The van der Waals surface area contributed by atoms with Gasteiger partial charge in [0.1, 0.15) is 5.75 Å². The molecule has 2 unspecified atom stereocenters. The molecule has 3 nitrogen and oxygen atoms in total. The fourth-order valence-corrected chi connectivity index (χ4v) is 3.50. The predicted octanol–water partition coefficient (Wildman–Crippen LogP) is 2.80. The van der Waals surface area contributed by atoms with Gasteiger partial charge in [0.25, 0.3) is 0 Å². The zero-order valence-electron chi connectivity index (χ0n) is 12.2. The minimum Gasteiger partial charge on any atom is -0.496 e. The summed E-state index contributed by atoms with van der Waals surface area (Å²) in [6, 6.07) is 13.2. The Hall–Kier alpha value is -1.58. The maximum atomic E-state index is 5.97. The van der Waals surface area contributed by atoms with Crippen LogP contribution < -0.4 is 10.5 Å². The summed E-state index contributed by atoms with van der Waals surface area (Å²) in [5.41, 5.74) is 7.34. The first-order chi connectivity index (χ1) is 9.76. The lowest BCUT2D eigenvalue weighted by atomic mass is 9.90. The zero-order chi connectivity index (χ0) is 14.1. The Bertz CT molecular complexity index is 611. The number of methoxy groups -OCH3 is 1. The van der Waals surface area contributed by atoms with Gasteiger partial charge in [-0.1, -0.05) is 30.3 Å². The molecule has 20 heavy (non-hydrogen) atoms. The number of rotatable bonds is 3. The van der Waals surface area contributed by atoms with Gasteiger partial charge in [-0.15, -0.1) is 0 Å². The van der Waals surface area contributed by atoms with Crippen LogP contribution >= 0.6 is 0 Å². The number of nitrogens with two attached hydrogens (primary N) is 1. The number of nitrogens with zero attached hydrogens (tertiary/aromatic N) is 1. The molecule has 0 spiro atoms. The van der Waals surface area contributed by atoms with Crippen LogP contribution in [0.5, 0.6) is 5.75 Å². The van der Waals surface area contributed by atoms with Gasteiger partial charge in [-0.05, 0) is 49.5 Å². The van der Waals surface area contributed by atoms with Gasteiger partial charge in [-0.25, -0.2) is 0 Å². The number of ether oxygens (including phenoxy) is 1. The fraction of sp³-hybridized carbons (Fsp3) is 0.412. The molecule has 0 aromatic heterocycles. The molecular formula is C17H22N2O. The summed E-state index contributed by atoms with van der Waals surface area (Å²) in [6.07, 6.45) is 1.18. The van der Waals surface area contributed by atoms with Gasteiger partial charge in [-0.2, -0.15) is 0 Å². The van der Waals surface area contributed by atoms with Crippen LogP contribution in [0.25, 0.3) is 10.8 Å². The van der Waals surface area contributed by atoms with Crippen LogP contribution in [0, 0.1) is 5.92 Å². The highest BCUT2D eigenvalue weighted by atomic mass is 16.5. The molecule has 0 saturated carbocycles. The minimum absolute atomic E-state index is 0.413. The Morgan fingerprint density at radius 2 is 1.95 bits per heavy atom. The molecular weight excluding hydrogens is 248 g/mol. The van der Waals surface area contributed by atoms with Crippen LogP contribution in [0.3, 0.4) is 0 Å². The fourth-order valence-electron chi connectivity index (χ4n) is 3.50. The van der Waals surface area contributed by atoms with Crippen molar-refractivity contribution in [3.63, 3.8) is 0 Å². The highest BCUT2D eigenvalue weighted by Gasteiger charge is 2.33. The van der Waals surface area contributed by atoms with E-state index < -0.39 is 0 Å². The van der Waals surface area contributed by atoms with Crippen LogP contribution in [0.4, 0.5) is 0 Å². The Morgan fingerprint density at radius 1 is 1.20 bits per heavy atom. The van der Waals surface area contributed by atoms with E-state index in [0.29, 0.717) is 12.0 Å². The third-order valence-electron chi connectivity index (χ3n) is 4.53. The largest absolute Gasteiger partial charge is 0.496 e. The molecule has 1 heterocycles. The van der Waals surface area contributed by atoms with Gasteiger partial charge in [0.05, 0.1) is 7.11 Å². The first-order valence-corrected chi connectivity index (χ1v) is 7.22. The molecule has 2 aromatic carbocycles. The van der Waals surface area contributed by atoms with E-state index in [9.17, 15) is 0 Å². The molecule has 0 bridgehead atoms. The van der Waals surface area contributed by atoms with Gasteiger partial charge in [-0.3, -0.25) is 4.90 Å². The van der Waals surface area contributed by atoms with Crippen molar-refractivity contribution in [2.24, 2.45) is 11.7 Å². The Balaban J connectivity index is 2.17. The van der Waals surface area contributed by atoms with Gasteiger partial charge >= 0.3 is 0 Å². The number of hydrogen-bond acceptors (Lipinski definition) is 3. The summed E-state index contributed by atoms with van der Waals surface area (Å²) in [4.78, 5) is 2.42. The van der Waals surface area contributed by atoms with E-state index in [1.54, 1.807) is 7.11 Å². The van der Waals surface area contributed by atoms with Crippen LogP contribution in [0.2, 0.25) is 0 Å². The van der Waals surface area contributed by atoms with Crippen LogP contribution in [0.1, 0.15) is 18.0 Å². The third kappa shape index (κ3) is 2.07. The monoisotopic (exact) mass is 270 g/mol. The topological polar surface area (TPSA) is 38.5 Å². The molecule has 1 aliphatic heterocycles. The second-order valence-corrected chi connectivity index (χ2v) is 5.61. The highest BCUT2D eigenvalue weighted by molar-refractivity contribution is 5.91. The van der Waals surface area contributed by atoms with Crippen molar-refractivity contribution in [2.45, 2.75) is 12.5 Å². The van der Waals surface area contributed by atoms with Gasteiger partial charge < -0.3 is 10.5 Å². The van der Waals surface area contributed by atoms with Crippen molar-refractivity contribution in [3.8, 4) is 5.75 Å². The lowest BCUT2D eigenvalue weighted by Gasteiger charge is -2.26. The van der Waals surface area contributed by atoms with E-state index in [-0.39, 0.29) is 0 Å². The average Bonchev–Trinajstić information content (AvgIpc) is 2.87. The summed E-state index contributed by atoms with van der Waals surface area (Å²) in [7, 11) is 3.92. The second-order valence-electron chi connectivity index (χ2n) is 5.61. The van der Waals surface area contributed by atoms with Crippen molar-refractivity contribution >= 4 is 10.8 Å². The van der Waals surface area contributed by atoms with E-state index in [0.717, 1.165) is 18.8 Å². The summed E-state index contributed by atoms with van der Waals surface area (Å²) in [5, 5.41) is 2.47. The molecule has 1 fully saturated rings. The zero-order valence-corrected chi connectivity index (χ0v) is 12.2. The minimum atomic E-state index is 0.413. The molecule has 2 aromatic rings. The first kappa shape index (κ1) is 13.4. The Morgan fingerprint density at radius 3 is 2.65 bits per heavy atom. The number of likely N-dealkylation sites (tertiary alicyclic amines) is 1. The smallest absolute Gasteiger partial charge is 0.126 e. The normalized spacial score (nSPS) is 23.4. The SMILES string of the molecule is COc1ccc(C2C(CN)CCN2C)c2ccccc12. The summed E-state index contributed by atoms with van der Waals surface area (Å²) in [5.74, 6) is 1.48. The van der Waals surface area contributed by atoms with Crippen molar-refractivity contribution in [1.82, 2.24) is 4.90 Å². The average molecular weight is 270 g/mol. The highest BCUT2D eigenvalue weighted by Crippen LogP contribution is 2.40. The van der Waals surface area contributed by atoms with Crippen molar-refractivity contribution < 1.29 is 4.74 Å². The molecule has 2 atom stereocenters. The number of benzene rings is 2. The van der Waals surface area contributed by atoms with Crippen LogP contribution in [0.15, 0.2) is 36.4 Å². The van der Waals surface area contributed by atoms with E-state index >= 15 is 0 Å². The van der Waals surface area contributed by atoms with Crippen molar-refractivity contribution in [2.75, 3.05) is 27.2 Å². The Labute approximate surface area is 120 Å². The summed E-state index contributed by atoms with van der Waals surface area (Å²) in [6.45, 7) is 1.86. The molecule has 0 radical (unpaired) electrons. The van der Waals surface area contributed by atoms with Crippen molar-refractivity contribution in [3.05, 3.63) is 42.0 Å². The molecule has 0 amide bonds. The molecule has 1 aliphatic rings. The first-order valence-electron chi connectivity index (χ1n) is 7.22. The van der Waals surface area contributed by atoms with E-state index in [1.165, 1.54) is 22.8 Å². The molecule has 106 valence electrons. The van der Waals surface area contributed by atoms with E-state index in [1.807, 2.05) is 0 Å². The van der Waals surface area contributed by atoms with Gasteiger partial charge in [0.2, 0.25) is 0 Å². The van der Waals surface area contributed by atoms with E-state index in [2.05, 4.69) is 48.3 Å². The molecule has 1 saturated heterocycles. The standard InChI is InChI=1S/C17H22N2O/c1-19-10-9-12(11-18)17(19)15-7-8-16(20-2)14-6-4-3-5-13(14)15/h3-8,12,17H,9-11,18H2,1-2H3. The molecule has 3 heteroatoms. The predicted molar refractivity (Wildman–Crippen MR) is 83.0 cm³/mol. The van der Waals surface area contributed by atoms with Gasteiger partial charge in [0, 0.05) is 11.4 Å². The van der Waals surface area contributed by atoms with Crippen LogP contribution in [-0.4, -0.2) is 32.1 Å². The van der Waals surface area contributed by atoms with Crippen molar-refractivity contribution in [1.29, 1.82) is 0 Å². The van der Waals surface area contributed by atoms with E-state index in [4.69, 9.17) is 10.5 Å². The molecule has 0 aliphatic carbocycles. The molecule has 3 rings (SSSR count). The molecule has 2 N–H and O–H groups in total. The number of fused-ring (bicyclic) bond motifs is 1. The quantitative estimate of drug-likeness (QED) is 0.932. The Kier molecular flexibility index (Phi) is 3.64. The second kappa shape index (κ2) is 5.43. The van der Waals surface area contributed by atoms with Gasteiger partial charge in [0.15, 0.2) is 0 Å². The maximum Gasteiger partial charge on any atom is 0.126 e. The summed E-state index contributed by atoms with van der Waals surface area (Å²) < 4.78 is 5.49. The lowest BCUT2D eigenvalue weighted by Crippen LogP contribution is -2.25. The summed E-state index contributed by atoms with van der Waals surface area (Å²) >= 11 is 0. The maximum absolute atomic E-state index is 5.97. The number of hydrogen-bond donors (Lipinski definition) is 1. The third-order valence-corrected chi connectivity index (χ3v) is 4.53.